The van der Waals surface area contributed by atoms with Crippen molar-refractivity contribution in [2.75, 3.05) is 32.1 Å². The van der Waals surface area contributed by atoms with E-state index in [1.54, 1.807) is 0 Å². The largest absolute Gasteiger partial charge is 0.329 e. The van der Waals surface area contributed by atoms with Crippen molar-refractivity contribution in [2.24, 2.45) is 5.73 Å². The Bertz CT molecular complexity index is 333. The van der Waals surface area contributed by atoms with E-state index in [4.69, 9.17) is 5.73 Å². The van der Waals surface area contributed by atoms with Crippen LogP contribution in [0.1, 0.15) is 44.9 Å². The van der Waals surface area contributed by atoms with Gasteiger partial charge in [-0.2, -0.15) is 0 Å². The minimum atomic E-state index is -2.89. The Hall–Kier alpha value is -0.130. The van der Waals surface area contributed by atoms with Crippen LogP contribution in [0.2, 0.25) is 0 Å². The molecule has 1 aliphatic carbocycles. The number of hydrogen-bond donors (Lipinski definition) is 1. The highest BCUT2D eigenvalue weighted by molar-refractivity contribution is 7.90. The summed E-state index contributed by atoms with van der Waals surface area (Å²) in [6, 6.07) is 0. The molecular formula is C13H28N2O2S. The maximum Gasteiger partial charge on any atom is 0.148 e. The van der Waals surface area contributed by atoms with Crippen LogP contribution < -0.4 is 5.73 Å². The number of nitrogens with two attached hydrogens (primary N) is 1. The van der Waals surface area contributed by atoms with Gasteiger partial charge in [-0.25, -0.2) is 8.42 Å². The molecule has 0 heterocycles. The molecule has 0 aromatic rings. The highest BCUT2D eigenvalue weighted by Gasteiger charge is 2.33. The second-order valence-electron chi connectivity index (χ2n) is 5.75. The van der Waals surface area contributed by atoms with E-state index >= 15 is 0 Å². The van der Waals surface area contributed by atoms with Crippen LogP contribution in [0.5, 0.6) is 0 Å². The van der Waals surface area contributed by atoms with Crippen LogP contribution in [0.4, 0.5) is 0 Å². The van der Waals surface area contributed by atoms with Gasteiger partial charge in [0, 0.05) is 24.9 Å². The summed E-state index contributed by atoms with van der Waals surface area (Å²) in [6.45, 7) is 1.23. The van der Waals surface area contributed by atoms with Crippen LogP contribution in [-0.4, -0.2) is 51.0 Å². The van der Waals surface area contributed by atoms with Gasteiger partial charge in [0.05, 0.1) is 5.75 Å². The topological polar surface area (TPSA) is 63.4 Å². The molecule has 1 saturated carbocycles. The number of rotatable bonds is 5. The summed E-state index contributed by atoms with van der Waals surface area (Å²) >= 11 is 0. The summed E-state index contributed by atoms with van der Waals surface area (Å²) in [5, 5.41) is 0. The van der Waals surface area contributed by atoms with Crippen molar-refractivity contribution in [3.63, 3.8) is 0 Å². The Labute approximate surface area is 112 Å². The molecule has 5 heteroatoms. The van der Waals surface area contributed by atoms with E-state index in [0.717, 1.165) is 12.8 Å². The Morgan fingerprint density at radius 3 is 2.06 bits per heavy atom. The molecule has 0 aliphatic heterocycles. The summed E-state index contributed by atoms with van der Waals surface area (Å²) < 4.78 is 22.6. The van der Waals surface area contributed by atoms with Crippen molar-refractivity contribution >= 4 is 9.84 Å². The quantitative estimate of drug-likeness (QED) is 0.824. The Kier molecular flexibility index (Phi) is 6.08. The molecule has 1 rings (SSSR count). The van der Waals surface area contributed by atoms with Crippen LogP contribution in [0.3, 0.4) is 0 Å². The van der Waals surface area contributed by atoms with Crippen molar-refractivity contribution in [3.05, 3.63) is 0 Å². The van der Waals surface area contributed by atoms with E-state index in [-0.39, 0.29) is 11.3 Å². The first-order valence-corrected chi connectivity index (χ1v) is 9.05. The van der Waals surface area contributed by atoms with E-state index in [0.29, 0.717) is 13.1 Å². The summed E-state index contributed by atoms with van der Waals surface area (Å²) in [7, 11) is -0.864. The van der Waals surface area contributed by atoms with Crippen LogP contribution in [-0.2, 0) is 9.84 Å². The highest BCUT2D eigenvalue weighted by Crippen LogP contribution is 2.30. The molecule has 0 bridgehead atoms. The Morgan fingerprint density at radius 1 is 1.11 bits per heavy atom. The van der Waals surface area contributed by atoms with Gasteiger partial charge in [0.25, 0.3) is 0 Å². The Morgan fingerprint density at radius 2 is 1.61 bits per heavy atom. The monoisotopic (exact) mass is 276 g/mol. The van der Waals surface area contributed by atoms with Gasteiger partial charge in [-0.05, 0) is 19.9 Å². The van der Waals surface area contributed by atoms with Gasteiger partial charge < -0.3 is 5.73 Å². The second kappa shape index (κ2) is 6.87. The van der Waals surface area contributed by atoms with Crippen LogP contribution in [0.25, 0.3) is 0 Å². The predicted molar refractivity (Wildman–Crippen MR) is 76.4 cm³/mol. The van der Waals surface area contributed by atoms with Crippen LogP contribution >= 0.6 is 0 Å². The number of sulfone groups is 1. The molecule has 2 N–H and O–H groups in total. The molecule has 0 aromatic heterocycles. The van der Waals surface area contributed by atoms with Crippen LogP contribution in [0, 0.1) is 0 Å². The zero-order valence-electron chi connectivity index (χ0n) is 11.8. The van der Waals surface area contributed by atoms with Crippen molar-refractivity contribution in [1.29, 1.82) is 0 Å². The van der Waals surface area contributed by atoms with Crippen molar-refractivity contribution in [3.8, 4) is 0 Å². The van der Waals surface area contributed by atoms with E-state index in [1.165, 1.54) is 38.4 Å². The standard InChI is InChI=1S/C13H28N2O2S/c1-15(10-11-18(2,16)17)13(12-14)8-6-4-3-5-7-9-13/h3-12,14H2,1-2H3. The molecule has 0 atom stereocenters. The molecule has 1 aliphatic rings. The normalized spacial score (nSPS) is 21.6. The lowest BCUT2D eigenvalue weighted by Gasteiger charge is -2.42. The van der Waals surface area contributed by atoms with Gasteiger partial charge in [0.15, 0.2) is 0 Å². The van der Waals surface area contributed by atoms with E-state index in [9.17, 15) is 8.42 Å². The summed E-state index contributed by atoms with van der Waals surface area (Å²) in [6.07, 6.45) is 9.81. The zero-order valence-corrected chi connectivity index (χ0v) is 12.6. The molecule has 18 heavy (non-hydrogen) atoms. The fourth-order valence-corrected chi connectivity index (χ4v) is 3.45. The van der Waals surface area contributed by atoms with Crippen LogP contribution in [0.15, 0.2) is 0 Å². The maximum absolute atomic E-state index is 11.3. The molecule has 4 nitrogen and oxygen atoms in total. The van der Waals surface area contributed by atoms with E-state index < -0.39 is 9.84 Å². The third-order valence-electron chi connectivity index (χ3n) is 4.27. The van der Waals surface area contributed by atoms with Gasteiger partial charge in [0.2, 0.25) is 0 Å². The van der Waals surface area contributed by atoms with Crippen molar-refractivity contribution < 1.29 is 8.42 Å². The first-order valence-electron chi connectivity index (χ1n) is 6.99. The SMILES string of the molecule is CN(CCS(C)(=O)=O)C1(CN)CCCCCCC1. The average Bonchev–Trinajstić information content (AvgIpc) is 2.26. The first kappa shape index (κ1) is 15.9. The number of nitrogens with zero attached hydrogens (tertiary/aromatic N) is 1. The molecule has 0 spiro atoms. The van der Waals surface area contributed by atoms with Crippen molar-refractivity contribution in [1.82, 2.24) is 4.90 Å². The summed E-state index contributed by atoms with van der Waals surface area (Å²) in [5.41, 5.74) is 6.03. The predicted octanol–water partition coefficient (Wildman–Crippen LogP) is 1.40. The molecule has 0 amide bonds. The minimum absolute atomic E-state index is 0.0190. The fraction of sp³-hybridized carbons (Fsp3) is 1.00. The van der Waals surface area contributed by atoms with Gasteiger partial charge in [-0.3, -0.25) is 4.90 Å². The first-order chi connectivity index (χ1) is 8.40. The lowest BCUT2D eigenvalue weighted by molar-refractivity contribution is 0.100. The lowest BCUT2D eigenvalue weighted by Crippen LogP contribution is -2.53. The van der Waals surface area contributed by atoms with Gasteiger partial charge in [-0.1, -0.05) is 32.1 Å². The third-order valence-corrected chi connectivity index (χ3v) is 5.20. The van der Waals surface area contributed by atoms with E-state index in [2.05, 4.69) is 4.90 Å². The number of hydrogen-bond acceptors (Lipinski definition) is 4. The molecule has 0 aromatic carbocycles. The molecule has 0 radical (unpaired) electrons. The van der Waals surface area contributed by atoms with Crippen molar-refractivity contribution in [2.45, 2.75) is 50.5 Å². The minimum Gasteiger partial charge on any atom is -0.329 e. The smallest absolute Gasteiger partial charge is 0.148 e. The lowest BCUT2D eigenvalue weighted by atomic mass is 9.82. The molecule has 0 unspecified atom stereocenters. The molecule has 1 fully saturated rings. The van der Waals surface area contributed by atoms with Gasteiger partial charge in [0.1, 0.15) is 9.84 Å². The van der Waals surface area contributed by atoms with Gasteiger partial charge >= 0.3 is 0 Å². The molecule has 108 valence electrons. The van der Waals surface area contributed by atoms with Gasteiger partial charge in [-0.15, -0.1) is 0 Å². The molecular weight excluding hydrogens is 248 g/mol. The summed E-state index contributed by atoms with van der Waals surface area (Å²) in [4.78, 5) is 2.19. The Balaban J connectivity index is 2.65. The average molecular weight is 276 g/mol. The fourth-order valence-electron chi connectivity index (χ4n) is 2.85. The third kappa shape index (κ3) is 4.86. The maximum atomic E-state index is 11.3. The molecule has 0 saturated heterocycles. The number of likely N-dealkylation sites (N-methyl/N-ethyl adjacent to an activating group) is 1. The van der Waals surface area contributed by atoms with E-state index in [1.807, 2.05) is 7.05 Å². The highest BCUT2D eigenvalue weighted by atomic mass is 32.2. The zero-order chi connectivity index (χ0) is 13.6. The second-order valence-corrected chi connectivity index (χ2v) is 8.01. The summed E-state index contributed by atoms with van der Waals surface area (Å²) in [5.74, 6) is 0.227.